The molecule has 1 fully saturated rings. The summed E-state index contributed by atoms with van der Waals surface area (Å²) in [6, 6.07) is 8.83. The maximum atomic E-state index is 12.1. The lowest BCUT2D eigenvalue weighted by Gasteiger charge is -2.21. The number of thiocarbonyl (C=S) groups is 1. The van der Waals surface area contributed by atoms with Gasteiger partial charge in [-0.15, -0.1) is 0 Å². The Labute approximate surface area is 121 Å². The smallest absolute Gasteiger partial charge is 0.281 e. The lowest BCUT2D eigenvalue weighted by atomic mass is 10.1. The summed E-state index contributed by atoms with van der Waals surface area (Å²) in [7, 11) is 3.46. The minimum Gasteiger partial charge on any atom is -0.289 e. The summed E-state index contributed by atoms with van der Waals surface area (Å²) in [6.45, 7) is 0. The Balaban J connectivity index is 2.24. The summed E-state index contributed by atoms with van der Waals surface area (Å²) in [4.78, 5) is 24.4. The van der Waals surface area contributed by atoms with Crippen LogP contribution in [0.2, 0.25) is 0 Å². The minimum absolute atomic E-state index is 0.195. The molecule has 4 nitrogen and oxygen atoms in total. The van der Waals surface area contributed by atoms with Crippen LogP contribution in [0.1, 0.15) is 10.4 Å². The molecule has 1 aliphatic heterocycles. The molecule has 1 heterocycles. The Morgan fingerprint density at radius 2 is 1.95 bits per heavy atom. The number of amides is 1. The molecule has 1 aromatic rings. The number of nitrogens with zero attached hydrogens (tertiary/aromatic N) is 2. The predicted molar refractivity (Wildman–Crippen MR) is 79.6 cm³/mol. The zero-order valence-electron chi connectivity index (χ0n) is 10.5. The van der Waals surface area contributed by atoms with Crippen LogP contribution in [0.25, 0.3) is 0 Å². The third-order valence-electron chi connectivity index (χ3n) is 2.49. The molecule has 0 N–H and O–H groups in total. The van der Waals surface area contributed by atoms with E-state index in [-0.39, 0.29) is 11.7 Å². The highest BCUT2D eigenvalue weighted by molar-refractivity contribution is 8.26. The second-order valence-electron chi connectivity index (χ2n) is 4.07. The van der Waals surface area contributed by atoms with E-state index < -0.39 is 0 Å². The lowest BCUT2D eigenvalue weighted by Crippen LogP contribution is -2.40. The quantitative estimate of drug-likeness (QED) is 0.485. The van der Waals surface area contributed by atoms with Gasteiger partial charge in [0, 0.05) is 25.7 Å². The Morgan fingerprint density at radius 1 is 1.32 bits per heavy atom. The summed E-state index contributed by atoms with van der Waals surface area (Å²) >= 11 is 6.25. The summed E-state index contributed by atoms with van der Waals surface area (Å²) in [6.07, 6.45) is 1.35. The number of hydrogen-bond donors (Lipinski definition) is 0. The zero-order chi connectivity index (χ0) is 14.0. The molecule has 2 rings (SSSR count). The number of allylic oxidation sites excluding steroid dienone is 1. The highest BCUT2D eigenvalue weighted by atomic mass is 32.2. The van der Waals surface area contributed by atoms with Gasteiger partial charge >= 0.3 is 0 Å². The van der Waals surface area contributed by atoms with Crippen molar-refractivity contribution < 1.29 is 9.59 Å². The van der Waals surface area contributed by atoms with Crippen molar-refractivity contribution >= 4 is 40.0 Å². The molecule has 0 radical (unpaired) electrons. The summed E-state index contributed by atoms with van der Waals surface area (Å²) < 4.78 is 0.433. The molecule has 0 atom stereocenters. The second-order valence-corrected chi connectivity index (χ2v) is 5.75. The third-order valence-corrected chi connectivity index (χ3v) is 3.78. The average molecular weight is 292 g/mol. The van der Waals surface area contributed by atoms with Crippen LogP contribution in [0, 0.1) is 0 Å². The molecule has 0 saturated carbocycles. The maximum Gasteiger partial charge on any atom is 0.281 e. The van der Waals surface area contributed by atoms with E-state index in [0.29, 0.717) is 14.8 Å². The number of hydrogen-bond acceptors (Lipinski definition) is 5. The van der Waals surface area contributed by atoms with Gasteiger partial charge in [0.1, 0.15) is 0 Å². The molecule has 19 heavy (non-hydrogen) atoms. The van der Waals surface area contributed by atoms with Crippen molar-refractivity contribution in [2.75, 3.05) is 14.1 Å². The molecule has 0 unspecified atom stereocenters. The number of carbonyl (C=O) groups is 2. The van der Waals surface area contributed by atoms with E-state index in [2.05, 4.69) is 0 Å². The standard InChI is InChI=1S/C13H12N2O2S2/c1-14(2)15-12(17)11(19-13(15)18)8-10(16)9-6-4-3-5-7-9/h3-8H,1-2H3/b11-8-. The predicted octanol–water partition coefficient (Wildman–Crippen LogP) is 2.09. The number of carbonyl (C=O) groups excluding carboxylic acids is 2. The van der Waals surface area contributed by atoms with Crippen LogP contribution in [-0.2, 0) is 4.79 Å². The van der Waals surface area contributed by atoms with Crippen LogP contribution in [0.15, 0.2) is 41.3 Å². The van der Waals surface area contributed by atoms with Crippen LogP contribution in [-0.4, -0.2) is 40.1 Å². The van der Waals surface area contributed by atoms with Crippen molar-refractivity contribution in [2.45, 2.75) is 0 Å². The fourth-order valence-corrected chi connectivity index (χ4v) is 2.99. The first-order valence-electron chi connectivity index (χ1n) is 5.55. The summed E-state index contributed by atoms with van der Waals surface area (Å²) in [5, 5.41) is 2.97. The molecule has 98 valence electrons. The Bertz CT molecular complexity index is 567. The number of ketones is 1. The Kier molecular flexibility index (Phi) is 4.14. The van der Waals surface area contributed by atoms with Crippen LogP contribution >= 0.6 is 24.0 Å². The molecule has 0 aromatic heterocycles. The average Bonchev–Trinajstić information content (AvgIpc) is 2.65. The number of rotatable bonds is 3. The Morgan fingerprint density at radius 3 is 2.47 bits per heavy atom. The van der Waals surface area contributed by atoms with E-state index in [0.717, 1.165) is 11.8 Å². The van der Waals surface area contributed by atoms with Crippen LogP contribution < -0.4 is 0 Å². The van der Waals surface area contributed by atoms with E-state index in [1.54, 1.807) is 43.4 Å². The maximum absolute atomic E-state index is 12.1. The first-order chi connectivity index (χ1) is 9.00. The second kappa shape index (κ2) is 5.64. The number of benzene rings is 1. The molecule has 1 aromatic carbocycles. The van der Waals surface area contributed by atoms with Crippen molar-refractivity contribution in [1.29, 1.82) is 0 Å². The minimum atomic E-state index is -0.260. The van der Waals surface area contributed by atoms with E-state index in [1.807, 2.05) is 6.07 Å². The Hall–Kier alpha value is -1.50. The summed E-state index contributed by atoms with van der Waals surface area (Å²) in [5.74, 6) is -0.455. The van der Waals surface area contributed by atoms with E-state index >= 15 is 0 Å². The fourth-order valence-electron chi connectivity index (χ4n) is 1.61. The van der Waals surface area contributed by atoms with Crippen molar-refractivity contribution in [1.82, 2.24) is 10.0 Å². The van der Waals surface area contributed by atoms with Gasteiger partial charge in [-0.05, 0) is 0 Å². The van der Waals surface area contributed by atoms with Gasteiger partial charge in [-0.3, -0.25) is 9.59 Å². The first-order valence-corrected chi connectivity index (χ1v) is 6.78. The largest absolute Gasteiger partial charge is 0.289 e. The molecule has 0 bridgehead atoms. The normalized spacial score (nSPS) is 17.6. The van der Waals surface area contributed by atoms with E-state index in [9.17, 15) is 9.59 Å². The monoisotopic (exact) mass is 292 g/mol. The van der Waals surface area contributed by atoms with Crippen molar-refractivity contribution in [3.63, 3.8) is 0 Å². The lowest BCUT2D eigenvalue weighted by molar-refractivity contribution is -0.130. The first kappa shape index (κ1) is 13.9. The van der Waals surface area contributed by atoms with Gasteiger partial charge in [-0.2, -0.15) is 0 Å². The fraction of sp³-hybridized carbons (Fsp3) is 0.154. The number of hydrazine groups is 1. The molecule has 1 amide bonds. The van der Waals surface area contributed by atoms with Gasteiger partial charge in [0.25, 0.3) is 5.91 Å². The van der Waals surface area contributed by atoms with Gasteiger partial charge in [-0.25, -0.2) is 10.0 Å². The highest BCUT2D eigenvalue weighted by Crippen LogP contribution is 2.31. The SMILES string of the molecule is CN(C)N1C(=O)/C(=C/C(=O)c2ccccc2)SC1=S. The van der Waals surface area contributed by atoms with Gasteiger partial charge < -0.3 is 0 Å². The topological polar surface area (TPSA) is 40.6 Å². The molecule has 1 aliphatic rings. The van der Waals surface area contributed by atoms with Crippen molar-refractivity contribution in [3.05, 3.63) is 46.9 Å². The van der Waals surface area contributed by atoms with Gasteiger partial charge in [0.2, 0.25) is 0 Å². The number of thioether (sulfide) groups is 1. The molecular weight excluding hydrogens is 280 g/mol. The van der Waals surface area contributed by atoms with Crippen molar-refractivity contribution in [2.24, 2.45) is 0 Å². The molecule has 0 spiro atoms. The van der Waals surface area contributed by atoms with E-state index in [4.69, 9.17) is 12.2 Å². The third kappa shape index (κ3) is 2.91. The van der Waals surface area contributed by atoms with Gasteiger partial charge in [0.05, 0.1) is 4.91 Å². The van der Waals surface area contributed by atoms with E-state index in [1.165, 1.54) is 11.1 Å². The molecular formula is C13H12N2O2S2. The van der Waals surface area contributed by atoms with Crippen LogP contribution in [0.4, 0.5) is 0 Å². The summed E-state index contributed by atoms with van der Waals surface area (Å²) in [5.41, 5.74) is 0.553. The molecule has 0 aliphatic carbocycles. The van der Waals surface area contributed by atoms with Crippen LogP contribution in [0.5, 0.6) is 0 Å². The zero-order valence-corrected chi connectivity index (χ0v) is 12.1. The van der Waals surface area contributed by atoms with Gasteiger partial charge in [0.15, 0.2) is 10.1 Å². The highest BCUT2D eigenvalue weighted by Gasteiger charge is 2.34. The van der Waals surface area contributed by atoms with Crippen molar-refractivity contribution in [3.8, 4) is 0 Å². The van der Waals surface area contributed by atoms with Gasteiger partial charge in [-0.1, -0.05) is 54.3 Å². The van der Waals surface area contributed by atoms with Crippen LogP contribution in [0.3, 0.4) is 0 Å². The molecule has 6 heteroatoms. The molecule has 1 saturated heterocycles.